The quantitative estimate of drug-likeness (QED) is 0.700. The second-order valence-electron chi connectivity index (χ2n) is 5.67. The van der Waals surface area contributed by atoms with E-state index in [2.05, 4.69) is 18.7 Å². The smallest absolute Gasteiger partial charge is 0.225 e. The summed E-state index contributed by atoms with van der Waals surface area (Å²) < 4.78 is 0. The highest BCUT2D eigenvalue weighted by Gasteiger charge is 2.34. The molecule has 0 aromatic carbocycles. The van der Waals surface area contributed by atoms with E-state index in [9.17, 15) is 4.79 Å². The van der Waals surface area contributed by atoms with Gasteiger partial charge in [0.2, 0.25) is 5.91 Å². The number of rotatable bonds is 3. The average molecular weight is 209 g/mol. The molecule has 0 bridgehead atoms. The Kier molecular flexibility index (Phi) is 3.32. The van der Waals surface area contributed by atoms with Gasteiger partial charge in [-0.15, -0.1) is 0 Å². The van der Waals surface area contributed by atoms with Crippen LogP contribution in [0.4, 0.5) is 0 Å². The molecule has 0 spiro atoms. The van der Waals surface area contributed by atoms with E-state index in [0.29, 0.717) is 11.8 Å². The second kappa shape index (κ2) is 4.54. The van der Waals surface area contributed by atoms with Gasteiger partial charge in [-0.25, -0.2) is 0 Å². The molecule has 1 amide bonds. The van der Waals surface area contributed by atoms with Crippen LogP contribution < -0.4 is 0 Å². The number of amides is 1. The van der Waals surface area contributed by atoms with Gasteiger partial charge in [-0.05, 0) is 43.9 Å². The molecule has 2 aliphatic rings. The van der Waals surface area contributed by atoms with Crippen molar-refractivity contribution in [2.24, 2.45) is 17.8 Å². The molecule has 0 N–H and O–H groups in total. The molecule has 0 atom stereocenters. The number of nitrogens with zero attached hydrogens (tertiary/aromatic N) is 1. The van der Waals surface area contributed by atoms with Gasteiger partial charge in [0, 0.05) is 19.0 Å². The molecular weight excluding hydrogens is 186 g/mol. The van der Waals surface area contributed by atoms with Crippen LogP contribution in [0.2, 0.25) is 0 Å². The predicted molar refractivity (Wildman–Crippen MR) is 61.5 cm³/mol. The van der Waals surface area contributed by atoms with Crippen LogP contribution in [0.1, 0.15) is 46.0 Å². The van der Waals surface area contributed by atoms with Gasteiger partial charge in [-0.1, -0.05) is 13.8 Å². The zero-order chi connectivity index (χ0) is 10.8. The van der Waals surface area contributed by atoms with E-state index in [4.69, 9.17) is 0 Å². The lowest BCUT2D eigenvalue weighted by molar-refractivity contribution is -0.134. The van der Waals surface area contributed by atoms with Gasteiger partial charge >= 0.3 is 0 Å². The third-order valence-electron chi connectivity index (χ3n) is 3.66. The number of piperidine rings is 1. The van der Waals surface area contributed by atoms with E-state index < -0.39 is 0 Å². The van der Waals surface area contributed by atoms with Crippen molar-refractivity contribution in [3.05, 3.63) is 0 Å². The zero-order valence-electron chi connectivity index (χ0n) is 10.0. The summed E-state index contributed by atoms with van der Waals surface area (Å²) >= 11 is 0. The lowest BCUT2D eigenvalue weighted by atomic mass is 9.88. The number of hydrogen-bond acceptors (Lipinski definition) is 1. The maximum absolute atomic E-state index is 11.8. The van der Waals surface area contributed by atoms with Gasteiger partial charge in [-0.2, -0.15) is 0 Å². The summed E-state index contributed by atoms with van der Waals surface area (Å²) in [6.45, 7) is 6.63. The molecule has 2 heteroatoms. The Labute approximate surface area is 93.0 Å². The monoisotopic (exact) mass is 209 g/mol. The minimum atomic E-state index is 0.409. The van der Waals surface area contributed by atoms with Crippen molar-refractivity contribution < 1.29 is 4.79 Å². The number of carbonyl (C=O) groups is 1. The Morgan fingerprint density at radius 3 is 2.27 bits per heavy atom. The number of likely N-dealkylation sites (tertiary alicyclic amines) is 1. The molecule has 0 aromatic rings. The van der Waals surface area contributed by atoms with Gasteiger partial charge in [0.1, 0.15) is 0 Å². The van der Waals surface area contributed by atoms with Gasteiger partial charge in [0.05, 0.1) is 0 Å². The standard InChI is InChI=1S/C13H23NO/c1-10(2)9-11-5-7-14(8-6-11)13(15)12-3-4-12/h10-12H,3-9H2,1-2H3. The molecule has 2 rings (SSSR count). The summed E-state index contributed by atoms with van der Waals surface area (Å²) in [5.74, 6) is 2.53. The van der Waals surface area contributed by atoms with Crippen molar-refractivity contribution in [1.29, 1.82) is 0 Å². The summed E-state index contributed by atoms with van der Waals surface area (Å²) in [5, 5.41) is 0. The minimum Gasteiger partial charge on any atom is -0.342 e. The molecule has 15 heavy (non-hydrogen) atoms. The Hall–Kier alpha value is -0.530. The molecule has 1 heterocycles. The van der Waals surface area contributed by atoms with Crippen molar-refractivity contribution in [1.82, 2.24) is 4.90 Å². The molecule has 2 fully saturated rings. The summed E-state index contributed by atoms with van der Waals surface area (Å²) in [7, 11) is 0. The van der Waals surface area contributed by atoms with E-state index in [1.54, 1.807) is 0 Å². The third-order valence-corrected chi connectivity index (χ3v) is 3.66. The zero-order valence-corrected chi connectivity index (χ0v) is 10.0. The average Bonchev–Trinajstić information content (AvgIpc) is 3.00. The molecule has 86 valence electrons. The Bertz CT molecular complexity index is 225. The maximum Gasteiger partial charge on any atom is 0.225 e. The molecule has 0 aromatic heterocycles. The molecule has 2 nitrogen and oxygen atoms in total. The fraction of sp³-hybridized carbons (Fsp3) is 0.923. The van der Waals surface area contributed by atoms with Crippen LogP contribution in [0.25, 0.3) is 0 Å². The van der Waals surface area contributed by atoms with Gasteiger partial charge in [-0.3, -0.25) is 4.79 Å². The Balaban J connectivity index is 1.73. The summed E-state index contributed by atoms with van der Waals surface area (Å²) in [6.07, 6.45) is 6.09. The van der Waals surface area contributed by atoms with E-state index in [1.165, 1.54) is 19.3 Å². The normalized spacial score (nSPS) is 23.5. The van der Waals surface area contributed by atoms with Crippen LogP contribution in [0.3, 0.4) is 0 Å². The molecular formula is C13H23NO. The molecule has 0 radical (unpaired) electrons. The van der Waals surface area contributed by atoms with Crippen molar-refractivity contribution in [2.75, 3.05) is 13.1 Å². The van der Waals surface area contributed by atoms with Crippen molar-refractivity contribution in [3.63, 3.8) is 0 Å². The first kappa shape index (κ1) is 11.0. The lowest BCUT2D eigenvalue weighted by Gasteiger charge is -2.32. The van der Waals surface area contributed by atoms with E-state index in [-0.39, 0.29) is 0 Å². The van der Waals surface area contributed by atoms with Gasteiger partial charge in [0.25, 0.3) is 0 Å². The highest BCUT2D eigenvalue weighted by molar-refractivity contribution is 5.81. The highest BCUT2D eigenvalue weighted by atomic mass is 16.2. The van der Waals surface area contributed by atoms with E-state index in [1.807, 2.05) is 0 Å². The van der Waals surface area contributed by atoms with E-state index in [0.717, 1.165) is 37.8 Å². The molecule has 0 unspecified atom stereocenters. The summed E-state index contributed by atoms with van der Waals surface area (Å²) in [4.78, 5) is 13.9. The second-order valence-corrected chi connectivity index (χ2v) is 5.67. The largest absolute Gasteiger partial charge is 0.342 e. The highest BCUT2D eigenvalue weighted by Crippen LogP contribution is 2.33. The fourth-order valence-electron chi connectivity index (χ4n) is 2.64. The van der Waals surface area contributed by atoms with Gasteiger partial charge < -0.3 is 4.90 Å². The maximum atomic E-state index is 11.8. The predicted octanol–water partition coefficient (Wildman–Crippen LogP) is 2.68. The molecule has 1 saturated carbocycles. The minimum absolute atomic E-state index is 0.409. The number of hydrogen-bond donors (Lipinski definition) is 0. The first-order valence-electron chi connectivity index (χ1n) is 6.45. The van der Waals surface area contributed by atoms with Crippen LogP contribution in [0.5, 0.6) is 0 Å². The molecule has 1 aliphatic carbocycles. The van der Waals surface area contributed by atoms with Crippen LogP contribution in [0, 0.1) is 17.8 Å². The van der Waals surface area contributed by atoms with Crippen LogP contribution >= 0.6 is 0 Å². The van der Waals surface area contributed by atoms with Gasteiger partial charge in [0.15, 0.2) is 0 Å². The van der Waals surface area contributed by atoms with Crippen LogP contribution in [-0.2, 0) is 4.79 Å². The Morgan fingerprint density at radius 2 is 1.80 bits per heavy atom. The summed E-state index contributed by atoms with van der Waals surface area (Å²) in [5.41, 5.74) is 0. The van der Waals surface area contributed by atoms with Crippen LogP contribution in [0.15, 0.2) is 0 Å². The van der Waals surface area contributed by atoms with Crippen LogP contribution in [-0.4, -0.2) is 23.9 Å². The van der Waals surface area contributed by atoms with E-state index >= 15 is 0 Å². The molecule has 1 aliphatic heterocycles. The third kappa shape index (κ3) is 2.96. The first-order valence-corrected chi connectivity index (χ1v) is 6.45. The SMILES string of the molecule is CC(C)CC1CCN(C(=O)C2CC2)CC1. The van der Waals surface area contributed by atoms with Crippen molar-refractivity contribution in [2.45, 2.75) is 46.0 Å². The fourth-order valence-corrected chi connectivity index (χ4v) is 2.64. The lowest BCUT2D eigenvalue weighted by Crippen LogP contribution is -2.39. The Morgan fingerprint density at radius 1 is 1.20 bits per heavy atom. The first-order chi connectivity index (χ1) is 7.16. The summed E-state index contributed by atoms with van der Waals surface area (Å²) in [6, 6.07) is 0. The molecule has 1 saturated heterocycles. The topological polar surface area (TPSA) is 20.3 Å². The van der Waals surface area contributed by atoms with Crippen molar-refractivity contribution in [3.8, 4) is 0 Å². The number of carbonyl (C=O) groups excluding carboxylic acids is 1. The van der Waals surface area contributed by atoms with Crippen molar-refractivity contribution >= 4 is 5.91 Å².